The van der Waals surface area contributed by atoms with Gasteiger partial charge in [-0.2, -0.15) is 9.88 Å². The van der Waals surface area contributed by atoms with E-state index in [4.69, 9.17) is 15.5 Å². The summed E-state index contributed by atoms with van der Waals surface area (Å²) in [7, 11) is 1.20. The number of rotatable bonds is 9. The maximum atomic E-state index is 12.8. The van der Waals surface area contributed by atoms with E-state index in [1.54, 1.807) is 36.1 Å². The van der Waals surface area contributed by atoms with Crippen molar-refractivity contribution >= 4 is 29.6 Å². The zero-order valence-corrected chi connectivity index (χ0v) is 19.2. The fraction of sp³-hybridized carbons (Fsp3) is 0.522. The number of nitrogens with two attached hydrogens (primary N) is 1. The van der Waals surface area contributed by atoms with Gasteiger partial charge in [-0.25, -0.2) is 9.59 Å². The molecule has 33 heavy (non-hydrogen) atoms. The summed E-state index contributed by atoms with van der Waals surface area (Å²) in [6.07, 6.45) is 1.13. The van der Waals surface area contributed by atoms with Gasteiger partial charge in [0.2, 0.25) is 5.91 Å². The van der Waals surface area contributed by atoms with Gasteiger partial charge in [-0.3, -0.25) is 14.5 Å². The number of Topliss-reactive ketones (excluding diaryl/α,β-unsaturated/α-hetero) is 1. The largest absolute Gasteiger partial charge is 0.451 e. The Morgan fingerprint density at radius 1 is 1.12 bits per heavy atom. The molecule has 10 heteroatoms. The van der Waals surface area contributed by atoms with E-state index in [0.29, 0.717) is 49.9 Å². The molecule has 180 valence electrons. The summed E-state index contributed by atoms with van der Waals surface area (Å²) in [5, 5.41) is 0. The number of piperidine rings is 1. The molecule has 0 aromatic heterocycles. The molecule has 1 heterocycles. The number of amides is 2. The number of amidine groups is 1. The Morgan fingerprint density at radius 3 is 2.30 bits per heavy atom. The van der Waals surface area contributed by atoms with Gasteiger partial charge in [-0.05, 0) is 19.3 Å². The van der Waals surface area contributed by atoms with Gasteiger partial charge in [-0.15, -0.1) is 0 Å². The van der Waals surface area contributed by atoms with E-state index in [9.17, 15) is 19.2 Å². The first-order chi connectivity index (χ1) is 15.7. The normalized spacial score (nSPS) is 15.6. The first-order valence-corrected chi connectivity index (χ1v) is 11.0. The molecule has 1 aliphatic heterocycles. The first-order valence-electron chi connectivity index (χ1n) is 11.0. The van der Waals surface area contributed by atoms with Crippen LogP contribution in [0.25, 0.3) is 0 Å². The molecule has 0 aliphatic carbocycles. The molecular formula is C23H31N3O7. The summed E-state index contributed by atoms with van der Waals surface area (Å²) >= 11 is 0. The monoisotopic (exact) mass is 461 g/mol. The Balaban J connectivity index is 1.83. The second-order valence-corrected chi connectivity index (χ2v) is 7.90. The van der Waals surface area contributed by atoms with Crippen LogP contribution in [-0.2, 0) is 24.1 Å². The number of carbonyl (C=O) groups is 4. The number of methoxy groups -OCH3 is 1. The van der Waals surface area contributed by atoms with Crippen molar-refractivity contribution in [3.05, 3.63) is 35.4 Å². The molecule has 1 fully saturated rings. The van der Waals surface area contributed by atoms with Gasteiger partial charge in [0, 0.05) is 43.0 Å². The minimum Gasteiger partial charge on any atom is -0.451 e. The summed E-state index contributed by atoms with van der Waals surface area (Å²) in [6.45, 7) is 4.55. The number of hydrogen-bond acceptors (Lipinski definition) is 7. The molecule has 1 aromatic rings. The quantitative estimate of drug-likeness (QED) is 0.195. The molecule has 2 rings (SSSR count). The molecule has 1 aromatic carbocycles. The molecule has 0 bridgehead atoms. The predicted octanol–water partition coefficient (Wildman–Crippen LogP) is 2.63. The molecule has 1 atom stereocenters. The average molecular weight is 462 g/mol. The predicted molar refractivity (Wildman–Crippen MR) is 119 cm³/mol. The van der Waals surface area contributed by atoms with Crippen molar-refractivity contribution in [3.63, 3.8) is 0 Å². The molecular weight excluding hydrogens is 430 g/mol. The molecule has 2 amide bonds. The maximum absolute atomic E-state index is 12.8. The van der Waals surface area contributed by atoms with Crippen LogP contribution in [0.15, 0.2) is 29.3 Å². The van der Waals surface area contributed by atoms with Crippen LogP contribution in [0.4, 0.5) is 4.79 Å². The lowest BCUT2D eigenvalue weighted by molar-refractivity contribution is -0.303. The third kappa shape index (κ3) is 7.98. The zero-order valence-electron chi connectivity index (χ0n) is 19.2. The number of ketones is 1. The number of nitrogens with zero attached hydrogens (tertiary/aromatic N) is 2. The van der Waals surface area contributed by atoms with Crippen LogP contribution in [0.2, 0.25) is 0 Å². The van der Waals surface area contributed by atoms with E-state index in [1.165, 1.54) is 7.11 Å². The van der Waals surface area contributed by atoms with E-state index in [0.717, 1.165) is 0 Å². The molecule has 10 nitrogen and oxygen atoms in total. The first kappa shape index (κ1) is 26.0. The van der Waals surface area contributed by atoms with E-state index >= 15 is 0 Å². The lowest BCUT2D eigenvalue weighted by Crippen LogP contribution is -2.43. The van der Waals surface area contributed by atoms with Crippen molar-refractivity contribution < 1.29 is 33.7 Å². The maximum Gasteiger partial charge on any atom is 0.435 e. The third-order valence-corrected chi connectivity index (χ3v) is 5.29. The second-order valence-electron chi connectivity index (χ2n) is 7.90. The molecule has 0 spiro atoms. The van der Waals surface area contributed by atoms with Gasteiger partial charge in [0.1, 0.15) is 11.9 Å². The Hall–Kier alpha value is -3.27. The smallest absolute Gasteiger partial charge is 0.435 e. The fourth-order valence-electron chi connectivity index (χ4n) is 3.37. The minimum atomic E-state index is -0.812. The summed E-state index contributed by atoms with van der Waals surface area (Å²) in [5.74, 6) is -1.17. The molecule has 0 saturated carbocycles. The standard InChI is InChI=1S/C23H31N3O7/c1-4-5-20(28)33-32-18-10-12-26(13-11-18)22(29)15(2)14-19(27)16-6-8-17(9-7-16)21(24)25-23(30)31-3/h6-9,15,18H,4-5,10-14H2,1-3H3,(H2,24,25,30). The van der Waals surface area contributed by atoms with Gasteiger partial charge in [0.25, 0.3) is 0 Å². The topological polar surface area (TPSA) is 138 Å². The van der Waals surface area contributed by atoms with Gasteiger partial charge >= 0.3 is 12.1 Å². The summed E-state index contributed by atoms with van der Waals surface area (Å²) < 4.78 is 4.43. The second kappa shape index (κ2) is 12.7. The van der Waals surface area contributed by atoms with Crippen LogP contribution in [0.5, 0.6) is 0 Å². The Labute approximate surface area is 193 Å². The number of likely N-dealkylation sites (tertiary alicyclic amines) is 1. The highest BCUT2D eigenvalue weighted by Gasteiger charge is 2.28. The van der Waals surface area contributed by atoms with Crippen molar-refractivity contribution in [1.82, 2.24) is 4.90 Å². The SMILES string of the molecule is CCCC(=O)OOC1CCN(C(=O)C(C)CC(=O)c2ccc(/C(N)=N\C(=O)OC)cc2)CC1. The van der Waals surface area contributed by atoms with Gasteiger partial charge in [-0.1, -0.05) is 38.1 Å². The number of ether oxygens (including phenoxy) is 1. The lowest BCUT2D eigenvalue weighted by Gasteiger charge is -2.32. The highest BCUT2D eigenvalue weighted by Crippen LogP contribution is 2.19. The van der Waals surface area contributed by atoms with Crippen LogP contribution in [0.1, 0.15) is 61.9 Å². The molecule has 1 saturated heterocycles. The van der Waals surface area contributed by atoms with Gasteiger partial charge < -0.3 is 15.4 Å². The van der Waals surface area contributed by atoms with E-state index in [1.807, 2.05) is 6.92 Å². The number of aliphatic imine (C=N–C) groups is 1. The summed E-state index contributed by atoms with van der Waals surface area (Å²) in [5.41, 5.74) is 6.65. The van der Waals surface area contributed by atoms with Crippen LogP contribution in [-0.4, -0.2) is 60.8 Å². The molecule has 0 radical (unpaired) electrons. The zero-order chi connectivity index (χ0) is 24.4. The van der Waals surface area contributed by atoms with Crippen LogP contribution >= 0.6 is 0 Å². The van der Waals surface area contributed by atoms with Crippen molar-refractivity contribution in [3.8, 4) is 0 Å². The van der Waals surface area contributed by atoms with E-state index < -0.39 is 18.0 Å². The van der Waals surface area contributed by atoms with Crippen molar-refractivity contribution in [2.75, 3.05) is 20.2 Å². The minimum absolute atomic E-state index is 0.0168. The average Bonchev–Trinajstić information content (AvgIpc) is 2.82. The lowest BCUT2D eigenvalue weighted by atomic mass is 9.96. The molecule has 2 N–H and O–H groups in total. The van der Waals surface area contributed by atoms with Crippen molar-refractivity contribution in [2.24, 2.45) is 16.6 Å². The Kier molecular flexibility index (Phi) is 9.99. The molecule has 1 unspecified atom stereocenters. The fourth-order valence-corrected chi connectivity index (χ4v) is 3.37. The number of carbonyl (C=O) groups excluding carboxylic acids is 4. The van der Waals surface area contributed by atoms with Crippen LogP contribution < -0.4 is 5.73 Å². The molecule has 1 aliphatic rings. The van der Waals surface area contributed by atoms with Crippen LogP contribution in [0, 0.1) is 5.92 Å². The number of benzene rings is 1. The Morgan fingerprint density at radius 2 is 1.73 bits per heavy atom. The van der Waals surface area contributed by atoms with E-state index in [-0.39, 0.29) is 30.1 Å². The van der Waals surface area contributed by atoms with Crippen molar-refractivity contribution in [1.29, 1.82) is 0 Å². The highest BCUT2D eigenvalue weighted by molar-refractivity contribution is 6.04. The third-order valence-electron chi connectivity index (χ3n) is 5.29. The van der Waals surface area contributed by atoms with Crippen molar-refractivity contribution in [2.45, 2.75) is 52.1 Å². The Bertz CT molecular complexity index is 875. The van der Waals surface area contributed by atoms with Crippen LogP contribution in [0.3, 0.4) is 0 Å². The van der Waals surface area contributed by atoms with Gasteiger partial charge in [0.05, 0.1) is 7.11 Å². The summed E-state index contributed by atoms with van der Waals surface area (Å²) in [4.78, 5) is 63.2. The van der Waals surface area contributed by atoms with Gasteiger partial charge in [0.15, 0.2) is 5.78 Å². The van der Waals surface area contributed by atoms with E-state index in [2.05, 4.69) is 9.73 Å². The highest BCUT2D eigenvalue weighted by atomic mass is 17.2. The number of hydrogen-bond donors (Lipinski definition) is 1. The summed E-state index contributed by atoms with van der Waals surface area (Å²) in [6, 6.07) is 6.33.